The van der Waals surface area contributed by atoms with Gasteiger partial charge in [-0.15, -0.1) is 0 Å². The van der Waals surface area contributed by atoms with Gasteiger partial charge in [-0.3, -0.25) is 4.90 Å². The van der Waals surface area contributed by atoms with E-state index in [1.165, 1.54) is 4.90 Å². The van der Waals surface area contributed by atoms with Gasteiger partial charge in [-0.05, 0) is 59.3 Å². The van der Waals surface area contributed by atoms with E-state index < -0.39 is 29.2 Å². The molecule has 2 rings (SSSR count). The number of carboxylic acid groups (broad SMARTS) is 1. The Hall–Kier alpha value is -1.26. The van der Waals surface area contributed by atoms with E-state index in [0.29, 0.717) is 0 Å². The number of nitrogens with zero attached hydrogens (tertiary/aromatic N) is 1. The smallest absolute Gasteiger partial charge is 0.411 e. The Bertz CT molecular complexity index is 438. The van der Waals surface area contributed by atoms with Crippen LogP contribution in [0.5, 0.6) is 0 Å². The lowest BCUT2D eigenvalue weighted by molar-refractivity contribution is -0.144. The summed E-state index contributed by atoms with van der Waals surface area (Å²) in [6.45, 7) is 9.36. The summed E-state index contributed by atoms with van der Waals surface area (Å²) in [7, 11) is 0. The van der Waals surface area contributed by atoms with Crippen LogP contribution in [-0.2, 0) is 9.53 Å². The number of carbonyl (C=O) groups is 2. The van der Waals surface area contributed by atoms with Crippen molar-refractivity contribution in [2.75, 3.05) is 0 Å². The molecule has 2 fully saturated rings. The molecule has 3 atom stereocenters. The quantitative estimate of drug-likeness (QED) is 0.806. The normalized spacial score (nSPS) is 31.7. The van der Waals surface area contributed by atoms with Crippen molar-refractivity contribution in [3.05, 3.63) is 0 Å². The van der Waals surface area contributed by atoms with Gasteiger partial charge in [-0.2, -0.15) is 0 Å². The minimum atomic E-state index is -0.914. The molecular formula is C16H27NO4. The molecule has 1 N–H and O–H groups in total. The fourth-order valence-electron chi connectivity index (χ4n) is 4.10. The number of fused-ring (bicyclic) bond motifs is 1. The monoisotopic (exact) mass is 297 g/mol. The molecule has 0 radical (unpaired) electrons. The summed E-state index contributed by atoms with van der Waals surface area (Å²) >= 11 is 0. The number of likely N-dealkylation sites (tertiary alicyclic amines) is 1. The molecule has 5 nitrogen and oxygen atoms in total. The summed E-state index contributed by atoms with van der Waals surface area (Å²) in [6, 6.07) is -0.764. The maximum atomic E-state index is 12.6. The van der Waals surface area contributed by atoms with E-state index in [4.69, 9.17) is 4.74 Å². The molecule has 1 heterocycles. The van der Waals surface area contributed by atoms with E-state index >= 15 is 0 Å². The Labute approximate surface area is 126 Å². The fraction of sp³-hybridized carbons (Fsp3) is 0.875. The summed E-state index contributed by atoms with van der Waals surface area (Å²) in [5.41, 5.74) is -1.10. The molecule has 1 saturated heterocycles. The predicted molar refractivity (Wildman–Crippen MR) is 79.0 cm³/mol. The van der Waals surface area contributed by atoms with Crippen molar-refractivity contribution in [1.82, 2.24) is 4.90 Å². The summed E-state index contributed by atoms with van der Waals surface area (Å²) in [4.78, 5) is 25.8. The van der Waals surface area contributed by atoms with Crippen LogP contribution in [0.15, 0.2) is 0 Å². The first-order valence-electron chi connectivity index (χ1n) is 7.81. The van der Waals surface area contributed by atoms with Crippen LogP contribution in [0, 0.1) is 11.8 Å². The second kappa shape index (κ2) is 5.18. The van der Waals surface area contributed by atoms with Crippen LogP contribution in [0.1, 0.15) is 60.3 Å². The maximum absolute atomic E-state index is 12.6. The molecule has 0 aromatic carbocycles. The molecule has 120 valence electrons. The van der Waals surface area contributed by atoms with Gasteiger partial charge in [0.2, 0.25) is 0 Å². The summed E-state index contributed by atoms with van der Waals surface area (Å²) in [5.74, 6) is -0.637. The zero-order chi connectivity index (χ0) is 16.0. The molecule has 0 bridgehead atoms. The number of hydrogen-bond acceptors (Lipinski definition) is 3. The van der Waals surface area contributed by atoms with Gasteiger partial charge in [0.25, 0.3) is 0 Å². The number of ether oxygens (including phenoxy) is 1. The minimum absolute atomic E-state index is 0.0405. The van der Waals surface area contributed by atoms with Crippen LogP contribution in [-0.4, -0.2) is 39.3 Å². The first kappa shape index (κ1) is 16.1. The van der Waals surface area contributed by atoms with Gasteiger partial charge in [-0.25, -0.2) is 9.59 Å². The van der Waals surface area contributed by atoms with Crippen molar-refractivity contribution in [2.45, 2.75) is 77.5 Å². The van der Waals surface area contributed by atoms with Crippen LogP contribution in [0.4, 0.5) is 4.79 Å². The molecule has 1 aliphatic carbocycles. The molecule has 5 heteroatoms. The fourth-order valence-corrected chi connectivity index (χ4v) is 4.10. The van der Waals surface area contributed by atoms with Gasteiger partial charge in [0, 0.05) is 5.54 Å². The summed E-state index contributed by atoms with van der Waals surface area (Å²) in [6.07, 6.45) is 3.52. The largest absolute Gasteiger partial charge is 0.480 e. The summed E-state index contributed by atoms with van der Waals surface area (Å²) in [5, 5.41) is 9.65. The molecular weight excluding hydrogens is 270 g/mol. The lowest BCUT2D eigenvalue weighted by Crippen LogP contribution is -2.53. The minimum Gasteiger partial charge on any atom is -0.480 e. The van der Waals surface area contributed by atoms with Gasteiger partial charge < -0.3 is 9.84 Å². The van der Waals surface area contributed by atoms with E-state index in [2.05, 4.69) is 0 Å². The second-order valence-corrected chi connectivity index (χ2v) is 7.84. The van der Waals surface area contributed by atoms with Crippen LogP contribution < -0.4 is 0 Å². The average molecular weight is 297 g/mol. The third kappa shape index (κ3) is 2.87. The Morgan fingerprint density at radius 1 is 1.19 bits per heavy atom. The van der Waals surface area contributed by atoms with Crippen molar-refractivity contribution < 1.29 is 19.4 Å². The second-order valence-electron chi connectivity index (χ2n) is 7.84. The Kier molecular flexibility index (Phi) is 3.98. The van der Waals surface area contributed by atoms with Gasteiger partial charge >= 0.3 is 12.1 Å². The molecule has 1 amide bonds. The van der Waals surface area contributed by atoms with E-state index in [1.54, 1.807) is 20.8 Å². The molecule has 0 aromatic rings. The first-order chi connectivity index (χ1) is 9.55. The van der Waals surface area contributed by atoms with Gasteiger partial charge in [-0.1, -0.05) is 12.8 Å². The molecule has 0 spiro atoms. The van der Waals surface area contributed by atoms with Gasteiger partial charge in [0.15, 0.2) is 0 Å². The first-order valence-corrected chi connectivity index (χ1v) is 7.81. The number of rotatable bonds is 1. The van der Waals surface area contributed by atoms with Crippen LogP contribution >= 0.6 is 0 Å². The molecule has 21 heavy (non-hydrogen) atoms. The molecule has 2 aliphatic rings. The zero-order valence-electron chi connectivity index (χ0n) is 13.7. The summed E-state index contributed by atoms with van der Waals surface area (Å²) < 4.78 is 5.47. The molecule has 1 aliphatic heterocycles. The van der Waals surface area contributed by atoms with Gasteiger partial charge in [0.05, 0.1) is 0 Å². The highest BCUT2D eigenvalue weighted by Crippen LogP contribution is 2.50. The standard InChI is InChI=1S/C16H27NO4/c1-15(2,3)21-14(20)17-12(13(18)19)10-8-6-7-9-11(10)16(17,4)5/h10-12H,6-9H2,1-5H3,(H,18,19). The van der Waals surface area contributed by atoms with Crippen molar-refractivity contribution in [2.24, 2.45) is 11.8 Å². The third-order valence-corrected chi connectivity index (χ3v) is 4.87. The highest BCUT2D eigenvalue weighted by molar-refractivity contribution is 5.82. The zero-order valence-corrected chi connectivity index (χ0v) is 13.7. The number of carboxylic acids is 1. The van der Waals surface area contributed by atoms with Crippen molar-refractivity contribution in [3.8, 4) is 0 Å². The Morgan fingerprint density at radius 2 is 1.76 bits per heavy atom. The van der Waals surface area contributed by atoms with Crippen LogP contribution in [0.25, 0.3) is 0 Å². The SMILES string of the molecule is CC(C)(C)OC(=O)N1C(C(=O)O)C2CCCCC2C1(C)C. The number of hydrogen-bond donors (Lipinski definition) is 1. The maximum Gasteiger partial charge on any atom is 0.411 e. The lowest BCUT2D eigenvalue weighted by atomic mass is 9.72. The number of amides is 1. The van der Waals surface area contributed by atoms with E-state index in [9.17, 15) is 14.7 Å². The highest BCUT2D eigenvalue weighted by Gasteiger charge is 2.59. The Balaban J connectivity index is 2.35. The Morgan fingerprint density at radius 3 is 2.29 bits per heavy atom. The van der Waals surface area contributed by atoms with Gasteiger partial charge in [0.1, 0.15) is 11.6 Å². The lowest BCUT2D eigenvalue weighted by Gasteiger charge is -2.38. The van der Waals surface area contributed by atoms with E-state index in [0.717, 1.165) is 25.7 Å². The number of aliphatic carboxylic acids is 1. The van der Waals surface area contributed by atoms with E-state index in [1.807, 2.05) is 13.8 Å². The van der Waals surface area contributed by atoms with Crippen molar-refractivity contribution in [1.29, 1.82) is 0 Å². The average Bonchev–Trinajstić information content (AvgIpc) is 2.56. The molecule has 0 aromatic heterocycles. The van der Waals surface area contributed by atoms with Crippen molar-refractivity contribution >= 4 is 12.1 Å². The molecule has 3 unspecified atom stereocenters. The predicted octanol–water partition coefficient (Wildman–Crippen LogP) is 3.28. The highest BCUT2D eigenvalue weighted by atomic mass is 16.6. The topological polar surface area (TPSA) is 66.8 Å². The van der Waals surface area contributed by atoms with Crippen LogP contribution in [0.2, 0.25) is 0 Å². The van der Waals surface area contributed by atoms with Crippen LogP contribution in [0.3, 0.4) is 0 Å². The third-order valence-electron chi connectivity index (χ3n) is 4.87. The van der Waals surface area contributed by atoms with Crippen molar-refractivity contribution in [3.63, 3.8) is 0 Å². The number of carbonyl (C=O) groups excluding carboxylic acids is 1. The molecule has 1 saturated carbocycles. The van der Waals surface area contributed by atoms with E-state index in [-0.39, 0.29) is 11.8 Å².